The highest BCUT2D eigenvalue weighted by Crippen LogP contribution is 2.37. The maximum absolute atomic E-state index is 12.1. The summed E-state index contributed by atoms with van der Waals surface area (Å²) < 4.78 is 16.2. The van der Waals surface area contributed by atoms with Crippen molar-refractivity contribution < 1.29 is 23.5 Å². The zero-order valence-corrected chi connectivity index (χ0v) is 17.8. The van der Waals surface area contributed by atoms with E-state index in [2.05, 4.69) is 39.2 Å². The summed E-state index contributed by atoms with van der Waals surface area (Å²) in [5.74, 6) is -0.562. The maximum Gasteiger partial charge on any atom is 0.408 e. The van der Waals surface area contributed by atoms with Crippen LogP contribution in [0, 0.1) is 0 Å². The molecule has 0 aromatic heterocycles. The van der Waals surface area contributed by atoms with Crippen molar-refractivity contribution >= 4 is 20.4 Å². The molecule has 0 bridgehead atoms. The summed E-state index contributed by atoms with van der Waals surface area (Å²) in [7, 11) is -0.828. The fourth-order valence-corrected chi connectivity index (χ4v) is 3.52. The second-order valence-corrected chi connectivity index (χ2v) is 12.5. The molecule has 0 aliphatic heterocycles. The van der Waals surface area contributed by atoms with Crippen LogP contribution in [-0.2, 0) is 25.3 Å². The van der Waals surface area contributed by atoms with E-state index in [0.717, 1.165) is 5.56 Å². The Balaban J connectivity index is 2.74. The van der Waals surface area contributed by atoms with E-state index >= 15 is 0 Å². The number of benzene rings is 1. The smallest absolute Gasteiger partial charge is 0.408 e. The number of nitrogens with one attached hydrogen (secondary N) is 1. The second kappa shape index (κ2) is 9.18. The van der Waals surface area contributed by atoms with Gasteiger partial charge in [-0.1, -0.05) is 51.1 Å². The lowest BCUT2D eigenvalue weighted by Gasteiger charge is -2.39. The summed E-state index contributed by atoms with van der Waals surface area (Å²) in [5, 5.41) is 2.56. The molecule has 1 aromatic carbocycles. The SMILES string of the molecule is COC(=O)[C@@H](NC(=O)OCc1ccccc1)C(C)O[Si](C)(C)C(C)(C)C. The Hall–Kier alpha value is -1.86. The summed E-state index contributed by atoms with van der Waals surface area (Å²) in [4.78, 5) is 24.3. The summed E-state index contributed by atoms with van der Waals surface area (Å²) in [5.41, 5.74) is 0.864. The van der Waals surface area contributed by atoms with E-state index < -0.39 is 32.5 Å². The molecule has 0 fully saturated rings. The van der Waals surface area contributed by atoms with E-state index in [9.17, 15) is 9.59 Å². The third-order valence-corrected chi connectivity index (χ3v) is 9.27. The van der Waals surface area contributed by atoms with Gasteiger partial charge in [0, 0.05) is 0 Å². The molecule has 0 saturated carbocycles. The number of hydrogen-bond donors (Lipinski definition) is 1. The van der Waals surface area contributed by atoms with Gasteiger partial charge in [-0.25, -0.2) is 9.59 Å². The van der Waals surface area contributed by atoms with Gasteiger partial charge in [-0.15, -0.1) is 0 Å². The highest BCUT2D eigenvalue weighted by molar-refractivity contribution is 6.74. The van der Waals surface area contributed by atoms with E-state index in [1.54, 1.807) is 6.92 Å². The van der Waals surface area contributed by atoms with Crippen LogP contribution >= 0.6 is 0 Å². The van der Waals surface area contributed by atoms with Crippen LogP contribution in [0.2, 0.25) is 18.1 Å². The monoisotopic (exact) mass is 381 g/mol. The molecular formula is C19H31NO5Si. The minimum absolute atomic E-state index is 0.0181. The van der Waals surface area contributed by atoms with Crippen LogP contribution < -0.4 is 5.32 Å². The average Bonchev–Trinajstić information content (AvgIpc) is 2.56. The first-order valence-corrected chi connectivity index (χ1v) is 11.6. The Kier molecular flexibility index (Phi) is 7.83. The zero-order valence-electron chi connectivity index (χ0n) is 16.8. The van der Waals surface area contributed by atoms with Gasteiger partial charge >= 0.3 is 12.1 Å². The molecular weight excluding hydrogens is 350 g/mol. The van der Waals surface area contributed by atoms with Crippen LogP contribution in [0.4, 0.5) is 4.79 Å². The maximum atomic E-state index is 12.1. The van der Waals surface area contributed by atoms with E-state index in [-0.39, 0.29) is 11.6 Å². The predicted octanol–water partition coefficient (Wildman–Crippen LogP) is 3.86. The van der Waals surface area contributed by atoms with Gasteiger partial charge in [0.1, 0.15) is 6.61 Å². The van der Waals surface area contributed by atoms with Gasteiger partial charge < -0.3 is 19.2 Å². The molecule has 1 unspecified atom stereocenters. The largest absolute Gasteiger partial charge is 0.467 e. The van der Waals surface area contributed by atoms with Crippen molar-refractivity contribution in [3.63, 3.8) is 0 Å². The van der Waals surface area contributed by atoms with Crippen LogP contribution in [0.5, 0.6) is 0 Å². The Bertz CT molecular complexity index is 598. The van der Waals surface area contributed by atoms with Crippen LogP contribution in [0.1, 0.15) is 33.3 Å². The standard InChI is InChI=1S/C19H31NO5Si/c1-14(25-26(6,7)19(2,3)4)16(17(21)23-5)20-18(22)24-13-15-11-9-8-10-12-15/h8-12,14,16H,13H2,1-7H3,(H,20,22)/t14?,16-/m0/s1. The summed E-state index contributed by atoms with van der Waals surface area (Å²) in [6, 6.07) is 8.39. The fourth-order valence-electron chi connectivity index (χ4n) is 2.10. The van der Waals surface area contributed by atoms with E-state index in [1.807, 2.05) is 30.3 Å². The second-order valence-electron chi connectivity index (χ2n) is 7.79. The normalized spacial score (nSPS) is 14.3. The number of alkyl carbamates (subject to hydrolysis) is 1. The van der Waals surface area contributed by atoms with Crippen LogP contribution in [0.25, 0.3) is 0 Å². The van der Waals surface area contributed by atoms with Crippen molar-refractivity contribution in [2.45, 2.75) is 64.6 Å². The van der Waals surface area contributed by atoms with Gasteiger partial charge in [-0.2, -0.15) is 0 Å². The van der Waals surface area contributed by atoms with Gasteiger partial charge in [0.2, 0.25) is 0 Å². The minimum atomic E-state index is -2.11. The minimum Gasteiger partial charge on any atom is -0.467 e. The van der Waals surface area contributed by atoms with Crippen molar-refractivity contribution in [2.24, 2.45) is 0 Å². The van der Waals surface area contributed by atoms with E-state index in [4.69, 9.17) is 13.9 Å². The molecule has 0 radical (unpaired) electrons. The number of amides is 1. The van der Waals surface area contributed by atoms with Gasteiger partial charge in [0.05, 0.1) is 13.2 Å². The number of methoxy groups -OCH3 is 1. The van der Waals surface area contributed by atoms with Crippen molar-refractivity contribution in [1.82, 2.24) is 5.32 Å². The predicted molar refractivity (Wildman–Crippen MR) is 103 cm³/mol. The number of rotatable bonds is 7. The lowest BCUT2D eigenvalue weighted by molar-refractivity contribution is -0.145. The highest BCUT2D eigenvalue weighted by Gasteiger charge is 2.41. The first-order valence-electron chi connectivity index (χ1n) is 8.71. The molecule has 7 heteroatoms. The topological polar surface area (TPSA) is 73.9 Å². The molecule has 146 valence electrons. The van der Waals surface area contributed by atoms with Crippen LogP contribution in [0.3, 0.4) is 0 Å². The molecule has 1 rings (SSSR count). The molecule has 2 atom stereocenters. The van der Waals surface area contributed by atoms with Gasteiger partial charge in [0.25, 0.3) is 0 Å². The summed E-state index contributed by atoms with van der Waals surface area (Å²) >= 11 is 0. The third kappa shape index (κ3) is 6.46. The number of ether oxygens (including phenoxy) is 2. The molecule has 26 heavy (non-hydrogen) atoms. The summed E-state index contributed by atoms with van der Waals surface area (Å²) in [6.07, 6.45) is -1.22. The molecule has 0 saturated heterocycles. The first kappa shape index (κ1) is 22.2. The van der Waals surface area contributed by atoms with Crippen LogP contribution in [-0.4, -0.2) is 39.6 Å². The van der Waals surface area contributed by atoms with Gasteiger partial charge in [0.15, 0.2) is 14.4 Å². The van der Waals surface area contributed by atoms with Gasteiger partial charge in [-0.3, -0.25) is 0 Å². The van der Waals surface area contributed by atoms with E-state index in [0.29, 0.717) is 0 Å². The number of hydrogen-bond acceptors (Lipinski definition) is 5. The molecule has 0 heterocycles. The number of esters is 1. The van der Waals surface area contributed by atoms with Gasteiger partial charge in [-0.05, 0) is 30.6 Å². The molecule has 6 nitrogen and oxygen atoms in total. The fraction of sp³-hybridized carbons (Fsp3) is 0.579. The van der Waals surface area contributed by atoms with Crippen LogP contribution in [0.15, 0.2) is 30.3 Å². The van der Waals surface area contributed by atoms with Crippen molar-refractivity contribution in [1.29, 1.82) is 0 Å². The quantitative estimate of drug-likeness (QED) is 0.573. The highest BCUT2D eigenvalue weighted by atomic mass is 28.4. The summed E-state index contributed by atoms with van der Waals surface area (Å²) in [6.45, 7) is 12.4. The Morgan fingerprint density at radius 3 is 2.23 bits per heavy atom. The number of carbonyl (C=O) groups is 2. The van der Waals surface area contributed by atoms with E-state index in [1.165, 1.54) is 7.11 Å². The lowest BCUT2D eigenvalue weighted by atomic mass is 10.2. The Morgan fingerprint density at radius 2 is 1.73 bits per heavy atom. The molecule has 0 aliphatic carbocycles. The molecule has 1 aromatic rings. The average molecular weight is 382 g/mol. The zero-order chi connectivity index (χ0) is 20.0. The molecule has 1 amide bonds. The Morgan fingerprint density at radius 1 is 1.15 bits per heavy atom. The van der Waals surface area contributed by atoms with Crippen molar-refractivity contribution in [3.05, 3.63) is 35.9 Å². The molecule has 1 N–H and O–H groups in total. The molecule has 0 aliphatic rings. The van der Waals surface area contributed by atoms with Crippen molar-refractivity contribution in [2.75, 3.05) is 7.11 Å². The third-order valence-electron chi connectivity index (χ3n) is 4.70. The lowest BCUT2D eigenvalue weighted by Crippen LogP contribution is -2.54. The Labute approximate surface area is 157 Å². The van der Waals surface area contributed by atoms with Crippen molar-refractivity contribution in [3.8, 4) is 0 Å². The first-order chi connectivity index (χ1) is 12.0. The number of carbonyl (C=O) groups excluding carboxylic acids is 2. The molecule has 0 spiro atoms.